The predicted octanol–water partition coefficient (Wildman–Crippen LogP) is 4.01. The Labute approximate surface area is 167 Å². The lowest BCUT2D eigenvalue weighted by atomic mass is 10.0. The molecule has 3 rings (SSSR count). The fourth-order valence-electron chi connectivity index (χ4n) is 3.83. The van der Waals surface area contributed by atoms with E-state index in [0.717, 1.165) is 29.5 Å². The second-order valence-corrected chi connectivity index (χ2v) is 7.78. The highest BCUT2D eigenvalue weighted by molar-refractivity contribution is 5.88. The van der Waals surface area contributed by atoms with Crippen LogP contribution in [-0.2, 0) is 22.6 Å². The summed E-state index contributed by atoms with van der Waals surface area (Å²) >= 11 is 0. The van der Waals surface area contributed by atoms with Crippen LogP contribution in [0.4, 0.5) is 0 Å². The zero-order chi connectivity index (χ0) is 19.9. The maximum Gasteiger partial charge on any atom is 0.242 e. The van der Waals surface area contributed by atoms with Crippen molar-refractivity contribution in [2.45, 2.75) is 64.6 Å². The van der Waals surface area contributed by atoms with Crippen molar-refractivity contribution in [3.63, 3.8) is 0 Å². The zero-order valence-electron chi connectivity index (χ0n) is 16.9. The first-order chi connectivity index (χ1) is 13.5. The van der Waals surface area contributed by atoms with Crippen LogP contribution in [-0.4, -0.2) is 28.8 Å². The molecule has 0 radical (unpaired) electrons. The topological polar surface area (TPSA) is 49.4 Å². The molecule has 0 saturated heterocycles. The van der Waals surface area contributed by atoms with E-state index in [4.69, 9.17) is 0 Å². The summed E-state index contributed by atoms with van der Waals surface area (Å²) in [5.74, 6) is -0.0758. The highest BCUT2D eigenvalue weighted by Gasteiger charge is 2.28. The van der Waals surface area contributed by atoms with Crippen LogP contribution in [0.5, 0.6) is 0 Å². The summed E-state index contributed by atoms with van der Waals surface area (Å²) in [7, 11) is 0. The van der Waals surface area contributed by atoms with Crippen molar-refractivity contribution in [1.82, 2.24) is 10.2 Å². The second-order valence-electron chi connectivity index (χ2n) is 7.78. The molecule has 0 spiro atoms. The van der Waals surface area contributed by atoms with Crippen molar-refractivity contribution in [3.05, 3.63) is 71.3 Å². The Bertz CT molecular complexity index is 797. The van der Waals surface area contributed by atoms with Gasteiger partial charge in [-0.2, -0.15) is 0 Å². The van der Waals surface area contributed by atoms with Gasteiger partial charge in [0.2, 0.25) is 11.8 Å². The Morgan fingerprint density at radius 1 is 1.04 bits per heavy atom. The van der Waals surface area contributed by atoms with Gasteiger partial charge in [-0.05, 0) is 43.4 Å². The third-order valence-corrected chi connectivity index (χ3v) is 5.67. The summed E-state index contributed by atoms with van der Waals surface area (Å²) < 4.78 is 0. The van der Waals surface area contributed by atoms with Gasteiger partial charge >= 0.3 is 0 Å². The van der Waals surface area contributed by atoms with Crippen LogP contribution in [0.1, 0.15) is 49.3 Å². The number of nitrogens with one attached hydrogen (secondary N) is 1. The molecule has 1 N–H and O–H groups in total. The summed E-state index contributed by atoms with van der Waals surface area (Å²) in [6.07, 6.45) is 4.71. The van der Waals surface area contributed by atoms with Crippen LogP contribution in [0.3, 0.4) is 0 Å². The molecule has 148 valence electrons. The third-order valence-electron chi connectivity index (χ3n) is 5.67. The number of nitrogens with zero attached hydrogens (tertiary/aromatic N) is 1. The minimum Gasteiger partial charge on any atom is -0.352 e. The average Bonchev–Trinajstić information content (AvgIpc) is 3.21. The lowest BCUT2D eigenvalue weighted by Gasteiger charge is -2.30. The first-order valence-corrected chi connectivity index (χ1v) is 10.2. The van der Waals surface area contributed by atoms with Gasteiger partial charge in [0.05, 0.1) is 6.42 Å². The molecule has 4 heteroatoms. The van der Waals surface area contributed by atoms with Gasteiger partial charge in [-0.1, -0.05) is 67.4 Å². The SMILES string of the molecule is Cc1ccccc1CC(=O)N(Cc1ccccc1)[C@H](C)C(=O)NC1CCCC1. The van der Waals surface area contributed by atoms with Crippen LogP contribution in [0, 0.1) is 6.92 Å². The number of carbonyl (C=O) groups is 2. The molecule has 4 nitrogen and oxygen atoms in total. The maximum atomic E-state index is 13.2. The smallest absolute Gasteiger partial charge is 0.242 e. The molecular formula is C24H30N2O2. The normalized spacial score (nSPS) is 15.2. The van der Waals surface area contributed by atoms with Crippen molar-refractivity contribution in [3.8, 4) is 0 Å². The second kappa shape index (κ2) is 9.54. The lowest BCUT2D eigenvalue weighted by molar-refractivity contribution is -0.140. The molecular weight excluding hydrogens is 348 g/mol. The Morgan fingerprint density at radius 2 is 1.68 bits per heavy atom. The summed E-state index contributed by atoms with van der Waals surface area (Å²) in [5.41, 5.74) is 3.13. The van der Waals surface area contributed by atoms with E-state index in [9.17, 15) is 9.59 Å². The number of carbonyl (C=O) groups excluding carboxylic acids is 2. The van der Waals surface area contributed by atoms with Crippen molar-refractivity contribution >= 4 is 11.8 Å². The number of amides is 2. The van der Waals surface area contributed by atoms with E-state index in [2.05, 4.69) is 5.32 Å². The fraction of sp³-hybridized carbons (Fsp3) is 0.417. The van der Waals surface area contributed by atoms with Gasteiger partial charge in [0, 0.05) is 12.6 Å². The standard InChI is InChI=1S/C24H30N2O2/c1-18-10-6-7-13-21(18)16-23(27)26(17-20-11-4-3-5-12-20)19(2)24(28)25-22-14-8-9-15-22/h3-7,10-13,19,22H,8-9,14-17H2,1-2H3,(H,25,28)/t19-/m1/s1. The van der Waals surface area contributed by atoms with Gasteiger partial charge in [-0.15, -0.1) is 0 Å². The van der Waals surface area contributed by atoms with Crippen LogP contribution in [0.25, 0.3) is 0 Å². The zero-order valence-corrected chi connectivity index (χ0v) is 16.9. The van der Waals surface area contributed by atoms with Crippen LogP contribution >= 0.6 is 0 Å². The molecule has 28 heavy (non-hydrogen) atoms. The Balaban J connectivity index is 1.76. The van der Waals surface area contributed by atoms with Crippen molar-refractivity contribution < 1.29 is 9.59 Å². The fourth-order valence-corrected chi connectivity index (χ4v) is 3.83. The molecule has 2 aromatic carbocycles. The van der Waals surface area contributed by atoms with Gasteiger partial charge in [-0.3, -0.25) is 9.59 Å². The number of hydrogen-bond donors (Lipinski definition) is 1. The van der Waals surface area contributed by atoms with Gasteiger partial charge in [0.1, 0.15) is 6.04 Å². The number of rotatable bonds is 7. The van der Waals surface area contributed by atoms with Crippen molar-refractivity contribution in [2.24, 2.45) is 0 Å². The Hall–Kier alpha value is -2.62. The highest BCUT2D eigenvalue weighted by atomic mass is 16.2. The van der Waals surface area contributed by atoms with Gasteiger partial charge in [0.25, 0.3) is 0 Å². The van der Waals surface area contributed by atoms with E-state index >= 15 is 0 Å². The first kappa shape index (κ1) is 20.1. The van der Waals surface area contributed by atoms with E-state index in [1.807, 2.05) is 68.4 Å². The van der Waals surface area contributed by atoms with Crippen molar-refractivity contribution in [1.29, 1.82) is 0 Å². The highest BCUT2D eigenvalue weighted by Crippen LogP contribution is 2.19. The maximum absolute atomic E-state index is 13.2. The number of hydrogen-bond acceptors (Lipinski definition) is 2. The summed E-state index contributed by atoms with van der Waals surface area (Å²) in [5, 5.41) is 3.14. The lowest BCUT2D eigenvalue weighted by Crippen LogP contribution is -2.50. The summed E-state index contributed by atoms with van der Waals surface area (Å²) in [4.78, 5) is 27.8. The molecule has 0 bridgehead atoms. The monoisotopic (exact) mass is 378 g/mol. The van der Waals surface area contributed by atoms with Crippen LogP contribution < -0.4 is 5.32 Å². The molecule has 2 amide bonds. The molecule has 1 atom stereocenters. The van der Waals surface area contributed by atoms with Crippen LogP contribution in [0.2, 0.25) is 0 Å². The Morgan fingerprint density at radius 3 is 2.36 bits per heavy atom. The van der Waals surface area contributed by atoms with Gasteiger partial charge in [-0.25, -0.2) is 0 Å². The number of aryl methyl sites for hydroxylation is 1. The first-order valence-electron chi connectivity index (χ1n) is 10.2. The summed E-state index contributed by atoms with van der Waals surface area (Å²) in [6.45, 7) is 4.29. The molecule has 1 aliphatic carbocycles. The molecule has 0 unspecified atom stereocenters. The van der Waals surface area contributed by atoms with Gasteiger partial charge in [0.15, 0.2) is 0 Å². The van der Waals surface area contributed by atoms with Crippen molar-refractivity contribution in [2.75, 3.05) is 0 Å². The van der Waals surface area contributed by atoms with Crippen LogP contribution in [0.15, 0.2) is 54.6 Å². The van der Waals surface area contributed by atoms with E-state index in [-0.39, 0.29) is 17.9 Å². The quantitative estimate of drug-likeness (QED) is 0.791. The summed E-state index contributed by atoms with van der Waals surface area (Å²) in [6, 6.07) is 17.5. The molecule has 0 aromatic heterocycles. The molecule has 1 aliphatic rings. The number of benzene rings is 2. The molecule has 0 heterocycles. The van der Waals surface area contributed by atoms with E-state index < -0.39 is 6.04 Å². The minimum atomic E-state index is -0.502. The predicted molar refractivity (Wildman–Crippen MR) is 112 cm³/mol. The minimum absolute atomic E-state index is 0.0211. The molecule has 1 fully saturated rings. The Kier molecular flexibility index (Phi) is 6.85. The van der Waals surface area contributed by atoms with E-state index in [1.54, 1.807) is 4.90 Å². The molecule has 2 aromatic rings. The van der Waals surface area contributed by atoms with E-state index in [1.165, 1.54) is 12.8 Å². The average molecular weight is 379 g/mol. The largest absolute Gasteiger partial charge is 0.352 e. The molecule has 0 aliphatic heterocycles. The van der Waals surface area contributed by atoms with E-state index in [0.29, 0.717) is 13.0 Å². The third kappa shape index (κ3) is 5.22. The van der Waals surface area contributed by atoms with Gasteiger partial charge < -0.3 is 10.2 Å². The molecule has 1 saturated carbocycles.